The lowest BCUT2D eigenvalue weighted by Gasteiger charge is -2.51. The number of benzene rings is 2. The van der Waals surface area contributed by atoms with Gasteiger partial charge in [-0.25, -0.2) is 0 Å². The molecule has 0 spiro atoms. The van der Waals surface area contributed by atoms with Crippen LogP contribution in [0.2, 0.25) is 0 Å². The van der Waals surface area contributed by atoms with Gasteiger partial charge in [0.1, 0.15) is 0 Å². The molecule has 3 rings (SSSR count). The van der Waals surface area contributed by atoms with Gasteiger partial charge in [-0.05, 0) is 50.5 Å². The lowest BCUT2D eigenvalue weighted by Crippen LogP contribution is -2.55. The summed E-state index contributed by atoms with van der Waals surface area (Å²) in [6, 6.07) is 14.6. The summed E-state index contributed by atoms with van der Waals surface area (Å²) in [4.78, 5) is 14.5. The van der Waals surface area contributed by atoms with Crippen LogP contribution in [0.5, 0.6) is 0 Å². The van der Waals surface area contributed by atoms with Gasteiger partial charge in [0.05, 0.1) is 17.1 Å². The summed E-state index contributed by atoms with van der Waals surface area (Å²) in [6.07, 6.45) is 0.830. The highest BCUT2D eigenvalue weighted by atomic mass is 16.2. The third kappa shape index (κ3) is 2.83. The molecule has 0 saturated heterocycles. The molecule has 1 heterocycles. The van der Waals surface area contributed by atoms with Crippen LogP contribution in [0.4, 0.5) is 17.1 Å². The average Bonchev–Trinajstić information content (AvgIpc) is 2.56. The molecule has 4 nitrogen and oxygen atoms in total. The number of nitrogen functional groups attached to an aromatic ring is 1. The molecule has 4 heteroatoms. The van der Waals surface area contributed by atoms with Crippen LogP contribution in [0, 0.1) is 0 Å². The quantitative estimate of drug-likeness (QED) is 0.798. The number of fused-ring (bicyclic) bond motifs is 1. The van der Waals surface area contributed by atoms with E-state index in [0.717, 1.165) is 35.6 Å². The van der Waals surface area contributed by atoms with E-state index in [2.05, 4.69) is 50.4 Å². The summed E-state index contributed by atoms with van der Waals surface area (Å²) in [5.74, 6) is 0.0542. The Balaban J connectivity index is 2.31. The Kier molecular flexibility index (Phi) is 4.47. The van der Waals surface area contributed by atoms with Crippen molar-refractivity contribution in [2.45, 2.75) is 52.0 Å². The van der Waals surface area contributed by atoms with Gasteiger partial charge in [0.2, 0.25) is 5.91 Å². The second kappa shape index (κ2) is 6.35. The van der Waals surface area contributed by atoms with Crippen LogP contribution in [-0.4, -0.2) is 18.0 Å². The summed E-state index contributed by atoms with van der Waals surface area (Å²) >= 11 is 0. The zero-order chi connectivity index (χ0) is 19.1. The van der Waals surface area contributed by atoms with Gasteiger partial charge in [-0.1, -0.05) is 37.3 Å². The maximum atomic E-state index is 12.6. The van der Waals surface area contributed by atoms with E-state index in [9.17, 15) is 4.79 Å². The molecule has 0 fully saturated rings. The highest BCUT2D eigenvalue weighted by Crippen LogP contribution is 2.52. The lowest BCUT2D eigenvalue weighted by atomic mass is 9.65. The SMILES string of the molecule is CCNc1cc2c(cc1N)C(C)(c1ccccc1)CC(C)(C)N2C(C)=O. The molecule has 0 aromatic heterocycles. The minimum absolute atomic E-state index is 0.0542. The molecule has 138 valence electrons. The second-order valence-corrected chi connectivity index (χ2v) is 8.03. The molecule has 1 aliphatic heterocycles. The zero-order valence-corrected chi connectivity index (χ0v) is 16.4. The van der Waals surface area contributed by atoms with Crippen molar-refractivity contribution >= 4 is 23.0 Å². The predicted octanol–water partition coefficient (Wildman–Crippen LogP) is 4.54. The van der Waals surface area contributed by atoms with E-state index >= 15 is 0 Å². The molecule has 1 unspecified atom stereocenters. The molecule has 1 amide bonds. The third-order valence-electron chi connectivity index (χ3n) is 5.49. The van der Waals surface area contributed by atoms with Crippen LogP contribution < -0.4 is 16.0 Å². The van der Waals surface area contributed by atoms with E-state index < -0.39 is 0 Å². The molecule has 0 aliphatic carbocycles. The van der Waals surface area contributed by atoms with Crippen molar-refractivity contribution in [3.63, 3.8) is 0 Å². The number of carbonyl (C=O) groups is 1. The summed E-state index contributed by atoms with van der Waals surface area (Å²) < 4.78 is 0. The largest absolute Gasteiger partial charge is 0.397 e. The molecule has 2 aromatic rings. The maximum absolute atomic E-state index is 12.6. The normalized spacial score (nSPS) is 21.2. The van der Waals surface area contributed by atoms with Crippen LogP contribution in [-0.2, 0) is 10.2 Å². The number of hydrogen-bond donors (Lipinski definition) is 2. The Bertz CT molecular complexity index is 829. The fourth-order valence-electron chi connectivity index (χ4n) is 4.60. The minimum Gasteiger partial charge on any atom is -0.397 e. The van der Waals surface area contributed by atoms with Crippen LogP contribution >= 0.6 is 0 Å². The average molecular weight is 351 g/mol. The molecule has 3 N–H and O–H groups in total. The molecule has 0 saturated carbocycles. The number of carbonyl (C=O) groups excluding carboxylic acids is 1. The zero-order valence-electron chi connectivity index (χ0n) is 16.4. The van der Waals surface area contributed by atoms with E-state index in [-0.39, 0.29) is 16.9 Å². The van der Waals surface area contributed by atoms with Crippen molar-refractivity contribution in [1.29, 1.82) is 0 Å². The smallest absolute Gasteiger partial charge is 0.224 e. The summed E-state index contributed by atoms with van der Waals surface area (Å²) in [6.45, 7) is 11.0. The number of nitrogens with zero attached hydrogens (tertiary/aromatic N) is 1. The van der Waals surface area contributed by atoms with Crippen LogP contribution in [0.3, 0.4) is 0 Å². The standard InChI is InChI=1S/C22H29N3O/c1-6-24-19-13-20-17(12-18(19)23)22(5,16-10-8-7-9-11-16)14-21(3,4)25(20)15(2)26/h7-13,24H,6,14,23H2,1-5H3. The first kappa shape index (κ1) is 18.3. The monoisotopic (exact) mass is 351 g/mol. The molecule has 1 aliphatic rings. The number of rotatable bonds is 3. The Hall–Kier alpha value is -2.49. The van der Waals surface area contributed by atoms with Crippen molar-refractivity contribution in [2.75, 3.05) is 22.5 Å². The lowest BCUT2D eigenvalue weighted by molar-refractivity contribution is -0.117. The van der Waals surface area contributed by atoms with Gasteiger partial charge >= 0.3 is 0 Å². The summed E-state index contributed by atoms with van der Waals surface area (Å²) in [5.41, 5.74) is 10.7. The van der Waals surface area contributed by atoms with Crippen molar-refractivity contribution in [2.24, 2.45) is 0 Å². The van der Waals surface area contributed by atoms with Crippen LogP contribution in [0.15, 0.2) is 42.5 Å². The fraction of sp³-hybridized carbons (Fsp3) is 0.409. The van der Waals surface area contributed by atoms with Crippen molar-refractivity contribution in [3.8, 4) is 0 Å². The third-order valence-corrected chi connectivity index (χ3v) is 5.49. The van der Waals surface area contributed by atoms with Gasteiger partial charge in [-0.3, -0.25) is 4.79 Å². The van der Waals surface area contributed by atoms with E-state index in [1.807, 2.05) is 30.0 Å². The maximum Gasteiger partial charge on any atom is 0.224 e. The molecular formula is C22H29N3O. The Morgan fingerprint density at radius 3 is 2.42 bits per heavy atom. The van der Waals surface area contributed by atoms with Crippen molar-refractivity contribution < 1.29 is 4.79 Å². The van der Waals surface area contributed by atoms with E-state index in [0.29, 0.717) is 0 Å². The molecule has 0 bridgehead atoms. The number of amides is 1. The van der Waals surface area contributed by atoms with Crippen molar-refractivity contribution in [3.05, 3.63) is 53.6 Å². The minimum atomic E-state index is -0.303. The molecular weight excluding hydrogens is 322 g/mol. The number of hydrogen-bond acceptors (Lipinski definition) is 3. The molecule has 0 radical (unpaired) electrons. The van der Waals surface area contributed by atoms with Crippen LogP contribution in [0.1, 0.15) is 52.2 Å². The summed E-state index contributed by atoms with van der Waals surface area (Å²) in [5, 5.41) is 3.32. The number of nitrogens with two attached hydrogens (primary N) is 1. The first-order valence-corrected chi connectivity index (χ1v) is 9.25. The Morgan fingerprint density at radius 1 is 1.19 bits per heavy atom. The molecule has 2 aromatic carbocycles. The topological polar surface area (TPSA) is 58.4 Å². The van der Waals surface area contributed by atoms with Gasteiger partial charge in [-0.2, -0.15) is 0 Å². The predicted molar refractivity (Wildman–Crippen MR) is 110 cm³/mol. The van der Waals surface area contributed by atoms with Gasteiger partial charge in [0.15, 0.2) is 0 Å². The van der Waals surface area contributed by atoms with Gasteiger partial charge < -0.3 is 16.0 Å². The first-order valence-electron chi connectivity index (χ1n) is 9.25. The Morgan fingerprint density at radius 2 is 1.85 bits per heavy atom. The van der Waals surface area contributed by atoms with E-state index in [1.165, 1.54) is 5.56 Å². The Labute approximate surface area is 156 Å². The fourth-order valence-corrected chi connectivity index (χ4v) is 4.60. The van der Waals surface area contributed by atoms with Gasteiger partial charge in [-0.15, -0.1) is 0 Å². The number of anilines is 3. The molecule has 26 heavy (non-hydrogen) atoms. The van der Waals surface area contributed by atoms with E-state index in [1.54, 1.807) is 6.92 Å². The van der Waals surface area contributed by atoms with Crippen LogP contribution in [0.25, 0.3) is 0 Å². The number of nitrogens with one attached hydrogen (secondary N) is 1. The second-order valence-electron chi connectivity index (χ2n) is 8.03. The van der Waals surface area contributed by atoms with E-state index in [4.69, 9.17) is 5.73 Å². The van der Waals surface area contributed by atoms with Gasteiger partial charge in [0, 0.05) is 24.4 Å². The summed E-state index contributed by atoms with van der Waals surface area (Å²) in [7, 11) is 0. The highest BCUT2D eigenvalue weighted by molar-refractivity contribution is 5.97. The molecule has 1 atom stereocenters. The van der Waals surface area contributed by atoms with Gasteiger partial charge in [0.25, 0.3) is 0 Å². The van der Waals surface area contributed by atoms with Crippen molar-refractivity contribution in [1.82, 2.24) is 0 Å². The first-order chi connectivity index (χ1) is 12.2. The highest BCUT2D eigenvalue weighted by Gasteiger charge is 2.47.